The fourth-order valence-corrected chi connectivity index (χ4v) is 4.12. The van der Waals surface area contributed by atoms with Gasteiger partial charge in [0.25, 0.3) is 0 Å². The van der Waals surface area contributed by atoms with E-state index in [-0.39, 0.29) is 0 Å². The molecule has 2 aromatic heterocycles. The molecule has 0 bridgehead atoms. The van der Waals surface area contributed by atoms with Gasteiger partial charge in [0.2, 0.25) is 5.69 Å². The van der Waals surface area contributed by atoms with Gasteiger partial charge in [0.1, 0.15) is 18.2 Å². The van der Waals surface area contributed by atoms with Crippen molar-refractivity contribution < 1.29 is 8.98 Å². The van der Waals surface area contributed by atoms with E-state index in [0.717, 1.165) is 17.6 Å². The lowest BCUT2D eigenvalue weighted by molar-refractivity contribution is -0.660. The van der Waals surface area contributed by atoms with E-state index in [1.54, 1.807) is 0 Å². The molecule has 0 saturated heterocycles. The van der Waals surface area contributed by atoms with Crippen molar-refractivity contribution in [3.05, 3.63) is 78.0 Å². The third-order valence-electron chi connectivity index (χ3n) is 5.60. The second-order valence-electron chi connectivity index (χ2n) is 7.29. The highest BCUT2D eigenvalue weighted by Crippen LogP contribution is 2.39. The summed E-state index contributed by atoms with van der Waals surface area (Å²) in [6, 6.07) is 21.6. The lowest BCUT2D eigenvalue weighted by Crippen LogP contribution is -2.31. The molecule has 0 atom stereocenters. The first-order valence-electron chi connectivity index (χ1n) is 9.50. The third kappa shape index (κ3) is 2.37. The highest BCUT2D eigenvalue weighted by Gasteiger charge is 2.21. The molecule has 2 heterocycles. The van der Waals surface area contributed by atoms with Crippen molar-refractivity contribution in [1.29, 1.82) is 0 Å². The molecule has 0 saturated carbocycles. The predicted octanol–water partition coefficient (Wildman–Crippen LogP) is 6.10. The van der Waals surface area contributed by atoms with E-state index >= 15 is 0 Å². The zero-order chi connectivity index (χ0) is 18.5. The van der Waals surface area contributed by atoms with E-state index in [1.807, 2.05) is 0 Å². The summed E-state index contributed by atoms with van der Waals surface area (Å²) in [6.07, 6.45) is 3.25. The van der Waals surface area contributed by atoms with E-state index in [4.69, 9.17) is 4.42 Å². The second-order valence-corrected chi connectivity index (χ2v) is 7.29. The van der Waals surface area contributed by atoms with Crippen LogP contribution in [0.5, 0.6) is 0 Å². The molecule has 5 rings (SSSR count). The van der Waals surface area contributed by atoms with Crippen molar-refractivity contribution in [1.82, 2.24) is 0 Å². The van der Waals surface area contributed by atoms with Crippen molar-refractivity contribution in [2.24, 2.45) is 7.05 Å². The van der Waals surface area contributed by atoms with Gasteiger partial charge in [-0.15, -0.1) is 0 Å². The number of rotatable bonds is 2. The SMILES string of the molecule is CCc1ccc(-c2c(C)ccc3c2oc2c4ccccc4ccc32)[n+](C)c1. The van der Waals surface area contributed by atoms with Gasteiger partial charge in [-0.3, -0.25) is 0 Å². The fraction of sp³-hybridized carbons (Fsp3) is 0.160. The minimum absolute atomic E-state index is 0.973. The van der Waals surface area contributed by atoms with Crippen LogP contribution in [0.1, 0.15) is 18.1 Å². The molecule has 3 aromatic carbocycles. The molecule has 0 radical (unpaired) electrons. The van der Waals surface area contributed by atoms with Crippen LogP contribution in [0, 0.1) is 6.92 Å². The molecule has 0 N–H and O–H groups in total. The van der Waals surface area contributed by atoms with Crippen LogP contribution in [-0.2, 0) is 13.5 Å². The minimum Gasteiger partial charge on any atom is -0.454 e. The number of fused-ring (bicyclic) bond motifs is 5. The number of furan rings is 1. The van der Waals surface area contributed by atoms with Crippen LogP contribution in [0.15, 0.2) is 71.3 Å². The summed E-state index contributed by atoms with van der Waals surface area (Å²) in [7, 11) is 2.12. The van der Waals surface area contributed by atoms with Crippen molar-refractivity contribution >= 4 is 32.7 Å². The molecule has 0 amide bonds. The van der Waals surface area contributed by atoms with Gasteiger partial charge < -0.3 is 4.42 Å². The Morgan fingerprint density at radius 2 is 1.59 bits per heavy atom. The van der Waals surface area contributed by atoms with Crippen LogP contribution in [0.4, 0.5) is 0 Å². The monoisotopic (exact) mass is 352 g/mol. The molecule has 5 aromatic rings. The van der Waals surface area contributed by atoms with E-state index in [0.29, 0.717) is 0 Å². The Kier molecular flexibility index (Phi) is 3.54. The number of hydrogen-bond acceptors (Lipinski definition) is 1. The molecule has 2 nitrogen and oxygen atoms in total. The summed E-state index contributed by atoms with van der Waals surface area (Å²) in [5.74, 6) is 0. The number of pyridine rings is 1. The fourth-order valence-electron chi connectivity index (χ4n) is 4.12. The van der Waals surface area contributed by atoms with E-state index in [2.05, 4.69) is 92.3 Å². The molecule has 0 aliphatic rings. The Hall–Kier alpha value is -3.13. The van der Waals surface area contributed by atoms with E-state index < -0.39 is 0 Å². The lowest BCUT2D eigenvalue weighted by Gasteiger charge is -2.06. The molecule has 132 valence electrons. The molecule has 27 heavy (non-hydrogen) atoms. The van der Waals surface area contributed by atoms with Gasteiger partial charge in [-0.25, -0.2) is 4.57 Å². The summed E-state index contributed by atoms with van der Waals surface area (Å²) >= 11 is 0. The predicted molar refractivity (Wildman–Crippen MR) is 112 cm³/mol. The molecular weight excluding hydrogens is 330 g/mol. The number of nitrogens with zero attached hydrogens (tertiary/aromatic N) is 1. The lowest BCUT2D eigenvalue weighted by atomic mass is 9.99. The highest BCUT2D eigenvalue weighted by molar-refractivity contribution is 6.17. The quantitative estimate of drug-likeness (QED) is 0.351. The van der Waals surface area contributed by atoms with Crippen molar-refractivity contribution in [2.45, 2.75) is 20.3 Å². The van der Waals surface area contributed by atoms with Crippen LogP contribution >= 0.6 is 0 Å². The second kappa shape index (κ2) is 5.95. The summed E-state index contributed by atoms with van der Waals surface area (Å²) < 4.78 is 8.74. The van der Waals surface area contributed by atoms with Crippen molar-refractivity contribution in [3.63, 3.8) is 0 Å². The maximum absolute atomic E-state index is 6.53. The summed E-state index contributed by atoms with van der Waals surface area (Å²) in [5.41, 5.74) is 6.87. The standard InChI is InChI=1S/C25H22NO/c1-4-17-10-14-22(26(3)15-17)23-16(2)9-12-21-20-13-11-18-7-5-6-8-19(18)24(20)27-25(21)23/h5-15H,4H2,1-3H3/q+1. The number of aryl methyl sites for hydroxylation is 3. The molecular formula is C25H22NO+. The molecule has 0 fully saturated rings. The number of benzene rings is 3. The smallest absolute Gasteiger partial charge is 0.216 e. The zero-order valence-corrected chi connectivity index (χ0v) is 15.9. The average molecular weight is 352 g/mol. The summed E-state index contributed by atoms with van der Waals surface area (Å²) in [4.78, 5) is 0. The maximum Gasteiger partial charge on any atom is 0.216 e. The van der Waals surface area contributed by atoms with Crippen LogP contribution in [0.2, 0.25) is 0 Å². The number of aromatic nitrogens is 1. The first-order chi connectivity index (χ1) is 13.2. The summed E-state index contributed by atoms with van der Waals surface area (Å²) in [5, 5.41) is 4.73. The van der Waals surface area contributed by atoms with E-state index in [9.17, 15) is 0 Å². The average Bonchev–Trinajstić information content (AvgIpc) is 3.07. The molecule has 0 aliphatic heterocycles. The normalized spacial score (nSPS) is 11.7. The van der Waals surface area contributed by atoms with Crippen LogP contribution in [0.25, 0.3) is 44.0 Å². The van der Waals surface area contributed by atoms with Gasteiger partial charge in [0.15, 0.2) is 6.20 Å². The minimum atomic E-state index is 0.973. The molecule has 2 heteroatoms. The van der Waals surface area contributed by atoms with Gasteiger partial charge in [0, 0.05) is 27.8 Å². The highest BCUT2D eigenvalue weighted by atomic mass is 16.3. The van der Waals surface area contributed by atoms with Gasteiger partial charge >= 0.3 is 0 Å². The Bertz CT molecular complexity index is 1330. The maximum atomic E-state index is 6.53. The van der Waals surface area contributed by atoms with Gasteiger partial charge in [0.05, 0.1) is 5.56 Å². The molecule has 0 aliphatic carbocycles. The first kappa shape index (κ1) is 16.1. The third-order valence-corrected chi connectivity index (χ3v) is 5.60. The van der Waals surface area contributed by atoms with E-state index in [1.165, 1.54) is 43.9 Å². The van der Waals surface area contributed by atoms with Crippen molar-refractivity contribution in [3.8, 4) is 11.3 Å². The summed E-state index contributed by atoms with van der Waals surface area (Å²) in [6.45, 7) is 4.35. The molecule has 0 unspecified atom stereocenters. The Labute approximate surface area is 158 Å². The van der Waals surface area contributed by atoms with Gasteiger partial charge in [-0.1, -0.05) is 49.4 Å². The Morgan fingerprint density at radius 1 is 0.815 bits per heavy atom. The topological polar surface area (TPSA) is 17.0 Å². The van der Waals surface area contributed by atoms with Gasteiger partial charge in [-0.05, 0) is 36.4 Å². The van der Waals surface area contributed by atoms with Gasteiger partial charge in [-0.2, -0.15) is 0 Å². The van der Waals surface area contributed by atoms with Crippen molar-refractivity contribution in [2.75, 3.05) is 0 Å². The zero-order valence-electron chi connectivity index (χ0n) is 15.9. The molecule has 0 spiro atoms. The Balaban J connectivity index is 1.90. The number of hydrogen-bond donors (Lipinski definition) is 0. The van der Waals surface area contributed by atoms with Crippen LogP contribution in [-0.4, -0.2) is 0 Å². The Morgan fingerprint density at radius 3 is 2.41 bits per heavy atom. The van der Waals surface area contributed by atoms with Crippen LogP contribution in [0.3, 0.4) is 0 Å². The van der Waals surface area contributed by atoms with Crippen LogP contribution < -0.4 is 4.57 Å². The first-order valence-corrected chi connectivity index (χ1v) is 9.50. The largest absolute Gasteiger partial charge is 0.454 e.